The van der Waals surface area contributed by atoms with Crippen molar-refractivity contribution in [3.8, 4) is 0 Å². The first-order chi connectivity index (χ1) is 18.4. The van der Waals surface area contributed by atoms with Crippen molar-refractivity contribution in [1.29, 1.82) is 0 Å². The van der Waals surface area contributed by atoms with Crippen LogP contribution in [-0.2, 0) is 57.1 Å². The summed E-state index contributed by atoms with van der Waals surface area (Å²) in [7, 11) is 0. The highest BCUT2D eigenvalue weighted by atomic mass is 16.6. The average Bonchev–Trinajstić information content (AvgIpc) is 3.75. The summed E-state index contributed by atoms with van der Waals surface area (Å²) in [5.74, 6) is -1.36. The van der Waals surface area contributed by atoms with Crippen molar-refractivity contribution in [2.24, 2.45) is 5.41 Å². The van der Waals surface area contributed by atoms with Crippen molar-refractivity contribution in [2.75, 3.05) is 52.9 Å². The summed E-state index contributed by atoms with van der Waals surface area (Å²) < 4.78 is 40.3. The number of rotatable bonds is 15. The third-order valence-corrected chi connectivity index (χ3v) is 6.77. The Balaban J connectivity index is 0.000000178. The minimum absolute atomic E-state index is 0.00970. The Bertz CT molecular complexity index is 747. The van der Waals surface area contributed by atoms with Gasteiger partial charge in [0.05, 0.1) is 26.4 Å². The zero-order chi connectivity index (χ0) is 26.8. The molecule has 0 spiro atoms. The van der Waals surface area contributed by atoms with Gasteiger partial charge in [0.25, 0.3) is 0 Å². The fourth-order valence-electron chi connectivity index (χ4n) is 3.97. The van der Waals surface area contributed by atoms with Crippen molar-refractivity contribution in [3.05, 3.63) is 0 Å². The summed E-state index contributed by atoms with van der Waals surface area (Å²) in [6, 6.07) is 0. The summed E-state index contributed by atoms with van der Waals surface area (Å²) >= 11 is 0. The molecule has 4 atom stereocenters. The van der Waals surface area contributed by atoms with Crippen LogP contribution in [0.1, 0.15) is 57.8 Å². The number of hydrogen-bond acceptors (Lipinski definition) is 12. The molecule has 1 aliphatic carbocycles. The van der Waals surface area contributed by atoms with Gasteiger partial charge in [0, 0.05) is 12.8 Å². The summed E-state index contributed by atoms with van der Waals surface area (Å²) in [5.41, 5.74) is -1.11. The number of carbonyl (C=O) groups excluding carboxylic acids is 4. The quantitative estimate of drug-likeness (QED) is 0.0961. The molecule has 5 fully saturated rings. The van der Waals surface area contributed by atoms with Crippen LogP contribution < -0.4 is 0 Å². The van der Waals surface area contributed by atoms with Crippen LogP contribution in [0.4, 0.5) is 0 Å². The topological polar surface area (TPSA) is 155 Å². The van der Waals surface area contributed by atoms with E-state index in [9.17, 15) is 19.2 Å². The molecule has 12 heteroatoms. The number of esters is 4. The molecular formula is C26H38O12. The SMILES string of the molecule is O=C(CCCCC(=O)OCC1CO1)OCC1CO1.O=C(OCC1CO1)C1(C(=O)OCC2CO2)CCCCC1. The fourth-order valence-corrected chi connectivity index (χ4v) is 3.97. The Kier molecular flexibility index (Phi) is 10.7. The van der Waals surface area contributed by atoms with Gasteiger partial charge in [0.2, 0.25) is 0 Å². The molecule has 214 valence electrons. The molecule has 0 aromatic heterocycles. The van der Waals surface area contributed by atoms with E-state index >= 15 is 0 Å². The van der Waals surface area contributed by atoms with Crippen LogP contribution in [-0.4, -0.2) is 101 Å². The number of unbranched alkanes of at least 4 members (excludes halogenated alkanes) is 1. The van der Waals surface area contributed by atoms with E-state index in [1.165, 1.54) is 0 Å². The van der Waals surface area contributed by atoms with Crippen molar-refractivity contribution < 1.29 is 57.1 Å². The predicted octanol–water partition coefficient (Wildman–Crippen LogP) is 1.25. The smallest absolute Gasteiger partial charge is 0.323 e. The molecule has 5 aliphatic rings. The first kappa shape index (κ1) is 28.7. The lowest BCUT2D eigenvalue weighted by Gasteiger charge is -2.32. The van der Waals surface area contributed by atoms with Gasteiger partial charge < -0.3 is 37.9 Å². The molecule has 1 saturated carbocycles. The largest absolute Gasteiger partial charge is 0.463 e. The van der Waals surface area contributed by atoms with Crippen LogP contribution in [0.2, 0.25) is 0 Å². The van der Waals surface area contributed by atoms with Crippen LogP contribution in [0.25, 0.3) is 0 Å². The van der Waals surface area contributed by atoms with Gasteiger partial charge >= 0.3 is 23.9 Å². The molecule has 4 aliphatic heterocycles. The number of carbonyl (C=O) groups is 4. The van der Waals surface area contributed by atoms with E-state index in [-0.39, 0.29) is 49.6 Å². The average molecular weight is 543 g/mol. The molecule has 12 nitrogen and oxygen atoms in total. The molecule has 0 N–H and O–H groups in total. The highest BCUT2D eigenvalue weighted by Gasteiger charge is 2.50. The lowest BCUT2D eigenvalue weighted by Crippen LogP contribution is -2.44. The van der Waals surface area contributed by atoms with E-state index in [1.807, 2.05) is 0 Å². The van der Waals surface area contributed by atoms with Gasteiger partial charge in [-0.15, -0.1) is 0 Å². The highest BCUT2D eigenvalue weighted by molar-refractivity contribution is 6.00. The Labute approximate surface area is 221 Å². The van der Waals surface area contributed by atoms with E-state index < -0.39 is 17.4 Å². The normalized spacial score (nSPS) is 27.6. The maximum Gasteiger partial charge on any atom is 0.323 e. The number of ether oxygens (including phenoxy) is 8. The first-order valence-electron chi connectivity index (χ1n) is 13.6. The van der Waals surface area contributed by atoms with E-state index in [4.69, 9.17) is 37.9 Å². The van der Waals surface area contributed by atoms with Crippen molar-refractivity contribution >= 4 is 23.9 Å². The summed E-state index contributed by atoms with van der Waals surface area (Å²) in [5, 5.41) is 0. The molecule has 0 amide bonds. The monoisotopic (exact) mass is 542 g/mol. The molecule has 0 aromatic carbocycles. The van der Waals surface area contributed by atoms with Gasteiger partial charge in [-0.25, -0.2) is 0 Å². The first-order valence-corrected chi connectivity index (χ1v) is 13.6. The summed E-state index contributed by atoms with van der Waals surface area (Å²) in [4.78, 5) is 47.2. The lowest BCUT2D eigenvalue weighted by atomic mass is 9.74. The lowest BCUT2D eigenvalue weighted by molar-refractivity contribution is -0.176. The molecule has 4 unspecified atom stereocenters. The van der Waals surface area contributed by atoms with E-state index in [2.05, 4.69) is 0 Å². The summed E-state index contributed by atoms with van der Waals surface area (Å²) in [6.45, 7) is 3.80. The Morgan fingerprint density at radius 2 is 0.895 bits per heavy atom. The standard InChI is InChI=1S/C14H20O6.C12H18O6/c15-12(19-8-10-6-17-10)14(4-2-1-3-5-14)13(16)20-9-11-7-18-11;13-11(17-7-9-5-15-9)3-1-2-4-12(14)18-8-10-6-16-10/h10-11H,1-9H2;9-10H,1-8H2. The van der Waals surface area contributed by atoms with Gasteiger partial charge in [-0.05, 0) is 25.7 Å². The van der Waals surface area contributed by atoms with E-state index in [0.717, 1.165) is 19.3 Å². The second kappa shape index (κ2) is 14.2. The molecule has 0 bridgehead atoms. The maximum atomic E-state index is 12.3. The zero-order valence-corrected chi connectivity index (χ0v) is 21.7. The van der Waals surface area contributed by atoms with Gasteiger partial charge in [-0.1, -0.05) is 19.3 Å². The Morgan fingerprint density at radius 3 is 1.24 bits per heavy atom. The van der Waals surface area contributed by atoms with Crippen LogP contribution in [0.5, 0.6) is 0 Å². The predicted molar refractivity (Wildman–Crippen MR) is 127 cm³/mol. The third kappa shape index (κ3) is 10.5. The highest BCUT2D eigenvalue weighted by Crippen LogP contribution is 2.39. The van der Waals surface area contributed by atoms with Gasteiger partial charge in [0.1, 0.15) is 50.8 Å². The van der Waals surface area contributed by atoms with Crippen LogP contribution in [0.15, 0.2) is 0 Å². The zero-order valence-electron chi connectivity index (χ0n) is 21.7. The summed E-state index contributed by atoms with van der Waals surface area (Å²) in [6.07, 6.45) is 5.96. The fraction of sp³-hybridized carbons (Fsp3) is 0.846. The Morgan fingerprint density at radius 1 is 0.553 bits per heavy atom. The van der Waals surface area contributed by atoms with Crippen LogP contribution in [0, 0.1) is 5.41 Å². The minimum Gasteiger partial charge on any atom is -0.463 e. The molecule has 38 heavy (non-hydrogen) atoms. The number of hydrogen-bond donors (Lipinski definition) is 0. The molecule has 0 aromatic rings. The molecule has 0 radical (unpaired) electrons. The molecule has 5 rings (SSSR count). The van der Waals surface area contributed by atoms with Crippen molar-refractivity contribution in [1.82, 2.24) is 0 Å². The minimum atomic E-state index is -1.11. The van der Waals surface area contributed by atoms with Gasteiger partial charge in [0.15, 0.2) is 5.41 Å². The maximum absolute atomic E-state index is 12.3. The van der Waals surface area contributed by atoms with Crippen LogP contribution in [0.3, 0.4) is 0 Å². The van der Waals surface area contributed by atoms with E-state index in [0.29, 0.717) is 78.2 Å². The second-order valence-corrected chi connectivity index (χ2v) is 10.2. The third-order valence-electron chi connectivity index (χ3n) is 6.77. The second-order valence-electron chi connectivity index (χ2n) is 10.2. The molecule has 4 saturated heterocycles. The van der Waals surface area contributed by atoms with Gasteiger partial charge in [-0.3, -0.25) is 19.2 Å². The van der Waals surface area contributed by atoms with Crippen molar-refractivity contribution in [2.45, 2.75) is 82.2 Å². The molecular weight excluding hydrogens is 504 g/mol. The van der Waals surface area contributed by atoms with Gasteiger partial charge in [-0.2, -0.15) is 0 Å². The van der Waals surface area contributed by atoms with Crippen molar-refractivity contribution in [3.63, 3.8) is 0 Å². The molecule has 4 heterocycles. The number of epoxide rings is 4. The Hall–Kier alpha value is -2.28. The van der Waals surface area contributed by atoms with E-state index in [1.54, 1.807) is 0 Å². The van der Waals surface area contributed by atoms with Crippen LogP contribution >= 0.6 is 0 Å².